The van der Waals surface area contributed by atoms with Gasteiger partial charge in [-0.2, -0.15) is 0 Å². The Bertz CT molecular complexity index is 550. The average Bonchev–Trinajstić information content (AvgIpc) is 2.62. The van der Waals surface area contributed by atoms with Gasteiger partial charge in [-0.1, -0.05) is 0 Å². The second-order valence-corrected chi connectivity index (χ2v) is 5.80. The number of carbonyl (C=O) groups is 1. The lowest BCUT2D eigenvalue weighted by molar-refractivity contribution is 0.0139. The molecule has 0 aromatic heterocycles. The van der Waals surface area contributed by atoms with Gasteiger partial charge in [0.2, 0.25) is 0 Å². The van der Waals surface area contributed by atoms with E-state index in [0.717, 1.165) is 12.8 Å². The van der Waals surface area contributed by atoms with Gasteiger partial charge in [-0.05, 0) is 44.9 Å². The number of carbonyl (C=O) groups excluding carboxylic acids is 1. The molecule has 1 aromatic carbocycles. The van der Waals surface area contributed by atoms with Gasteiger partial charge in [-0.3, -0.25) is 4.79 Å². The molecule has 1 aliphatic heterocycles. The van der Waals surface area contributed by atoms with Gasteiger partial charge < -0.3 is 24.8 Å². The summed E-state index contributed by atoms with van der Waals surface area (Å²) in [5.74, 6) is 1.23. The Hall–Kier alpha value is -1.79. The van der Waals surface area contributed by atoms with Crippen LogP contribution in [-0.4, -0.2) is 56.4 Å². The molecule has 1 aliphatic rings. The number of piperidine rings is 1. The number of benzene rings is 1. The molecule has 1 amide bonds. The van der Waals surface area contributed by atoms with Gasteiger partial charge in [0, 0.05) is 31.8 Å². The van der Waals surface area contributed by atoms with Crippen LogP contribution in [-0.2, 0) is 4.74 Å². The second kappa shape index (κ2) is 8.89. The molecule has 0 aliphatic carbocycles. The van der Waals surface area contributed by atoms with Crippen molar-refractivity contribution in [1.29, 1.82) is 0 Å². The molecular formula is C18H28N2O4. The number of ether oxygens (including phenoxy) is 3. The Balaban J connectivity index is 2.20. The minimum Gasteiger partial charge on any atom is -0.490 e. The fraction of sp³-hybridized carbons (Fsp3) is 0.611. The van der Waals surface area contributed by atoms with Crippen LogP contribution in [0.25, 0.3) is 0 Å². The van der Waals surface area contributed by atoms with E-state index in [1.807, 2.05) is 18.7 Å². The van der Waals surface area contributed by atoms with Crippen molar-refractivity contribution in [1.82, 2.24) is 4.90 Å². The third kappa shape index (κ3) is 4.19. The van der Waals surface area contributed by atoms with E-state index < -0.39 is 0 Å². The van der Waals surface area contributed by atoms with Gasteiger partial charge >= 0.3 is 0 Å². The molecule has 1 heterocycles. The number of amides is 1. The van der Waals surface area contributed by atoms with Crippen LogP contribution >= 0.6 is 0 Å². The highest BCUT2D eigenvalue weighted by Gasteiger charge is 2.31. The monoisotopic (exact) mass is 336 g/mol. The number of likely N-dealkylation sites (tertiary alicyclic amines) is 1. The zero-order chi connectivity index (χ0) is 17.5. The predicted octanol–water partition coefficient (Wildman–Crippen LogP) is 2.06. The fourth-order valence-corrected chi connectivity index (χ4v) is 3.07. The largest absolute Gasteiger partial charge is 0.490 e. The third-order valence-corrected chi connectivity index (χ3v) is 4.32. The van der Waals surface area contributed by atoms with Crippen LogP contribution in [0.4, 0.5) is 0 Å². The van der Waals surface area contributed by atoms with Crippen LogP contribution in [0.3, 0.4) is 0 Å². The number of nitrogens with zero attached hydrogens (tertiary/aromatic N) is 1. The van der Waals surface area contributed by atoms with Crippen LogP contribution < -0.4 is 15.2 Å². The van der Waals surface area contributed by atoms with Gasteiger partial charge in [0.1, 0.15) is 0 Å². The molecule has 2 atom stereocenters. The van der Waals surface area contributed by atoms with E-state index in [9.17, 15) is 4.79 Å². The third-order valence-electron chi connectivity index (χ3n) is 4.32. The van der Waals surface area contributed by atoms with E-state index in [0.29, 0.717) is 43.4 Å². The van der Waals surface area contributed by atoms with Crippen molar-refractivity contribution in [2.75, 3.05) is 33.4 Å². The molecule has 1 saturated heterocycles. The van der Waals surface area contributed by atoms with Crippen molar-refractivity contribution in [3.63, 3.8) is 0 Å². The zero-order valence-corrected chi connectivity index (χ0v) is 14.8. The van der Waals surface area contributed by atoms with Gasteiger partial charge in [-0.25, -0.2) is 0 Å². The van der Waals surface area contributed by atoms with Crippen LogP contribution in [0, 0.1) is 0 Å². The van der Waals surface area contributed by atoms with Gasteiger partial charge in [0.15, 0.2) is 11.5 Å². The molecule has 2 unspecified atom stereocenters. The first-order valence-electron chi connectivity index (χ1n) is 8.58. The van der Waals surface area contributed by atoms with Gasteiger partial charge in [0.25, 0.3) is 5.91 Å². The lowest BCUT2D eigenvalue weighted by Crippen LogP contribution is -2.51. The molecule has 0 spiro atoms. The summed E-state index contributed by atoms with van der Waals surface area (Å²) in [5, 5.41) is 0. The molecule has 1 fully saturated rings. The molecule has 6 nitrogen and oxygen atoms in total. The normalized spacial score (nSPS) is 20.8. The molecular weight excluding hydrogens is 308 g/mol. The molecule has 0 bridgehead atoms. The lowest BCUT2D eigenvalue weighted by Gasteiger charge is -2.38. The SMILES string of the molecule is CCOc1ccc(C(=O)N2CCC(OC)CC2CN)cc1OCC. The summed E-state index contributed by atoms with van der Waals surface area (Å²) >= 11 is 0. The number of rotatable bonds is 7. The summed E-state index contributed by atoms with van der Waals surface area (Å²) in [4.78, 5) is 14.8. The molecule has 6 heteroatoms. The smallest absolute Gasteiger partial charge is 0.254 e. The maximum Gasteiger partial charge on any atom is 0.254 e. The highest BCUT2D eigenvalue weighted by atomic mass is 16.5. The van der Waals surface area contributed by atoms with E-state index in [1.54, 1.807) is 25.3 Å². The van der Waals surface area contributed by atoms with Crippen LogP contribution in [0.5, 0.6) is 11.5 Å². The average molecular weight is 336 g/mol. The highest BCUT2D eigenvalue weighted by molar-refractivity contribution is 5.95. The van der Waals surface area contributed by atoms with Crippen LogP contribution in [0.1, 0.15) is 37.0 Å². The molecule has 24 heavy (non-hydrogen) atoms. The summed E-state index contributed by atoms with van der Waals surface area (Å²) in [6.45, 7) is 5.97. The van der Waals surface area contributed by atoms with Crippen LogP contribution in [0.15, 0.2) is 18.2 Å². The van der Waals surface area contributed by atoms with Crippen molar-refractivity contribution < 1.29 is 19.0 Å². The maximum absolute atomic E-state index is 12.9. The van der Waals surface area contributed by atoms with Crippen molar-refractivity contribution in [2.45, 2.75) is 38.8 Å². The molecule has 2 N–H and O–H groups in total. The number of methoxy groups -OCH3 is 1. The molecule has 0 radical (unpaired) electrons. The van der Waals surface area contributed by atoms with E-state index in [2.05, 4.69) is 0 Å². The molecule has 1 aromatic rings. The lowest BCUT2D eigenvalue weighted by atomic mass is 9.98. The van der Waals surface area contributed by atoms with Crippen molar-refractivity contribution in [3.8, 4) is 11.5 Å². The Morgan fingerprint density at radius 1 is 1.25 bits per heavy atom. The standard InChI is InChI=1S/C18H28N2O4/c1-4-23-16-7-6-13(10-17(16)24-5-2)18(21)20-9-8-15(22-3)11-14(20)12-19/h6-7,10,14-15H,4-5,8-9,11-12,19H2,1-3H3. The zero-order valence-electron chi connectivity index (χ0n) is 14.8. The Morgan fingerprint density at radius 2 is 1.96 bits per heavy atom. The molecule has 2 rings (SSSR count). The fourth-order valence-electron chi connectivity index (χ4n) is 3.07. The summed E-state index contributed by atoms with van der Waals surface area (Å²) in [5.41, 5.74) is 6.47. The van der Waals surface area contributed by atoms with Crippen LogP contribution in [0.2, 0.25) is 0 Å². The minimum absolute atomic E-state index is 0.00156. The summed E-state index contributed by atoms with van der Waals surface area (Å²) < 4.78 is 16.6. The maximum atomic E-state index is 12.9. The summed E-state index contributed by atoms with van der Waals surface area (Å²) in [7, 11) is 1.70. The van der Waals surface area contributed by atoms with E-state index in [4.69, 9.17) is 19.9 Å². The first kappa shape index (κ1) is 18.5. The van der Waals surface area contributed by atoms with Crippen molar-refractivity contribution in [3.05, 3.63) is 23.8 Å². The van der Waals surface area contributed by atoms with Crippen molar-refractivity contribution >= 4 is 5.91 Å². The highest BCUT2D eigenvalue weighted by Crippen LogP contribution is 2.30. The summed E-state index contributed by atoms with van der Waals surface area (Å²) in [6, 6.07) is 5.33. The minimum atomic E-state index is -0.0241. The van der Waals surface area contributed by atoms with E-state index in [1.165, 1.54) is 0 Å². The first-order valence-corrected chi connectivity index (χ1v) is 8.58. The predicted molar refractivity (Wildman–Crippen MR) is 92.7 cm³/mol. The van der Waals surface area contributed by atoms with Gasteiger partial charge in [0.05, 0.1) is 19.3 Å². The summed E-state index contributed by atoms with van der Waals surface area (Å²) in [6.07, 6.45) is 1.77. The van der Waals surface area contributed by atoms with Gasteiger partial charge in [-0.15, -0.1) is 0 Å². The number of hydrogen-bond donors (Lipinski definition) is 1. The Kier molecular flexibility index (Phi) is 6.87. The molecule has 134 valence electrons. The van der Waals surface area contributed by atoms with E-state index >= 15 is 0 Å². The Labute approximate surface area is 143 Å². The second-order valence-electron chi connectivity index (χ2n) is 5.80. The Morgan fingerprint density at radius 3 is 2.58 bits per heavy atom. The number of hydrogen-bond acceptors (Lipinski definition) is 5. The number of nitrogens with two attached hydrogens (primary N) is 1. The van der Waals surface area contributed by atoms with Crippen molar-refractivity contribution in [2.24, 2.45) is 5.73 Å². The topological polar surface area (TPSA) is 74.0 Å². The quantitative estimate of drug-likeness (QED) is 0.825. The molecule has 0 saturated carbocycles. The first-order chi connectivity index (χ1) is 11.6. The van der Waals surface area contributed by atoms with E-state index in [-0.39, 0.29) is 18.1 Å².